The number of piperidine rings is 1. The molecule has 1 saturated heterocycles. The third-order valence-corrected chi connectivity index (χ3v) is 6.14. The standard InChI is InChI=1S/C23H29N3/c1-22(2,3)23(18-24-4)11-14-26(15-12-23)17-19-7-9-20(10-8-19)21-6-5-13-25-16-21/h5-10,13,16H,11-12,14-15,17-18H2,1-3H3. The van der Waals surface area contributed by atoms with Gasteiger partial charge < -0.3 is 4.85 Å². The fourth-order valence-corrected chi connectivity index (χ4v) is 4.03. The van der Waals surface area contributed by atoms with Crippen LogP contribution in [-0.2, 0) is 6.54 Å². The SMILES string of the molecule is [C-]#[N+]CC1(C(C)(C)C)CCN(Cc2ccc(-c3cccnc3)cc2)CC1. The third kappa shape index (κ3) is 3.97. The highest BCUT2D eigenvalue weighted by Gasteiger charge is 2.46. The summed E-state index contributed by atoms with van der Waals surface area (Å²) >= 11 is 0. The Bertz CT molecular complexity index is 743. The first-order valence-corrected chi connectivity index (χ1v) is 9.48. The summed E-state index contributed by atoms with van der Waals surface area (Å²) in [6.07, 6.45) is 5.95. The molecule has 136 valence electrons. The molecule has 0 unspecified atom stereocenters. The van der Waals surface area contributed by atoms with Crippen LogP contribution in [0.2, 0.25) is 0 Å². The lowest BCUT2D eigenvalue weighted by Gasteiger charge is -2.46. The van der Waals surface area contributed by atoms with Gasteiger partial charge in [0.05, 0.1) is 0 Å². The van der Waals surface area contributed by atoms with Crippen molar-refractivity contribution < 1.29 is 0 Å². The van der Waals surface area contributed by atoms with Gasteiger partial charge in [-0.05, 0) is 54.1 Å². The normalized spacial score (nSPS) is 17.6. The number of likely N-dealkylation sites (tertiary alicyclic amines) is 1. The van der Waals surface area contributed by atoms with Crippen LogP contribution in [-0.4, -0.2) is 29.5 Å². The molecule has 1 fully saturated rings. The average Bonchev–Trinajstić information content (AvgIpc) is 2.64. The highest BCUT2D eigenvalue weighted by molar-refractivity contribution is 5.62. The highest BCUT2D eigenvalue weighted by Crippen LogP contribution is 2.47. The van der Waals surface area contributed by atoms with E-state index >= 15 is 0 Å². The van der Waals surface area contributed by atoms with E-state index in [2.05, 4.69) is 65.8 Å². The molecule has 1 aliphatic heterocycles. The first-order chi connectivity index (χ1) is 12.4. The van der Waals surface area contributed by atoms with Crippen molar-refractivity contribution in [2.45, 2.75) is 40.2 Å². The molecule has 1 aromatic heterocycles. The fourth-order valence-electron chi connectivity index (χ4n) is 4.03. The lowest BCUT2D eigenvalue weighted by atomic mass is 9.61. The largest absolute Gasteiger partial charge is 0.316 e. The second kappa shape index (κ2) is 7.60. The molecule has 2 heterocycles. The molecule has 26 heavy (non-hydrogen) atoms. The molecular formula is C23H29N3. The van der Waals surface area contributed by atoms with Crippen LogP contribution in [0.4, 0.5) is 0 Å². The van der Waals surface area contributed by atoms with Crippen molar-refractivity contribution in [2.24, 2.45) is 10.8 Å². The van der Waals surface area contributed by atoms with Crippen LogP contribution in [0.1, 0.15) is 39.2 Å². The molecule has 0 saturated carbocycles. The van der Waals surface area contributed by atoms with Gasteiger partial charge in [0.15, 0.2) is 0 Å². The van der Waals surface area contributed by atoms with Gasteiger partial charge in [0.1, 0.15) is 0 Å². The van der Waals surface area contributed by atoms with Crippen LogP contribution in [0.3, 0.4) is 0 Å². The molecule has 0 N–H and O–H groups in total. The van der Waals surface area contributed by atoms with Gasteiger partial charge in [-0.25, -0.2) is 6.57 Å². The summed E-state index contributed by atoms with van der Waals surface area (Å²) in [5.41, 5.74) is 4.08. The monoisotopic (exact) mass is 347 g/mol. The van der Waals surface area contributed by atoms with Gasteiger partial charge in [0.25, 0.3) is 0 Å². The molecule has 0 bridgehead atoms. The fraction of sp³-hybridized carbons (Fsp3) is 0.478. The Morgan fingerprint density at radius 3 is 2.31 bits per heavy atom. The second-order valence-corrected chi connectivity index (χ2v) is 8.56. The van der Waals surface area contributed by atoms with Gasteiger partial charge in [-0.1, -0.05) is 51.1 Å². The van der Waals surface area contributed by atoms with E-state index in [4.69, 9.17) is 6.57 Å². The predicted molar refractivity (Wildman–Crippen MR) is 108 cm³/mol. The van der Waals surface area contributed by atoms with Crippen molar-refractivity contribution >= 4 is 0 Å². The Morgan fingerprint density at radius 1 is 1.08 bits per heavy atom. The molecule has 2 aromatic rings. The average molecular weight is 348 g/mol. The minimum atomic E-state index is 0.162. The summed E-state index contributed by atoms with van der Waals surface area (Å²) in [7, 11) is 0. The minimum Gasteiger partial charge on any atom is -0.316 e. The zero-order valence-electron chi connectivity index (χ0n) is 16.2. The number of hydrogen-bond donors (Lipinski definition) is 0. The van der Waals surface area contributed by atoms with Crippen molar-refractivity contribution in [1.29, 1.82) is 0 Å². The number of aromatic nitrogens is 1. The first kappa shape index (κ1) is 18.6. The molecule has 0 amide bonds. The number of hydrogen-bond acceptors (Lipinski definition) is 2. The lowest BCUT2D eigenvalue weighted by Crippen LogP contribution is -2.47. The third-order valence-electron chi connectivity index (χ3n) is 6.14. The molecule has 0 spiro atoms. The van der Waals surface area contributed by atoms with Gasteiger partial charge in [-0.2, -0.15) is 0 Å². The maximum absolute atomic E-state index is 7.37. The van der Waals surface area contributed by atoms with E-state index in [1.807, 2.05) is 12.3 Å². The van der Waals surface area contributed by atoms with Crippen molar-refractivity contribution in [3.63, 3.8) is 0 Å². The molecule has 3 heteroatoms. The number of nitrogens with zero attached hydrogens (tertiary/aromatic N) is 3. The Kier molecular flexibility index (Phi) is 5.44. The van der Waals surface area contributed by atoms with E-state index < -0.39 is 0 Å². The van der Waals surface area contributed by atoms with Gasteiger partial charge in [0, 0.05) is 24.4 Å². The van der Waals surface area contributed by atoms with Crippen molar-refractivity contribution in [2.75, 3.05) is 19.6 Å². The summed E-state index contributed by atoms with van der Waals surface area (Å²) < 4.78 is 0. The van der Waals surface area contributed by atoms with Crippen LogP contribution >= 0.6 is 0 Å². The van der Waals surface area contributed by atoms with E-state index in [0.29, 0.717) is 6.54 Å². The summed E-state index contributed by atoms with van der Waals surface area (Å²) in [4.78, 5) is 10.5. The van der Waals surface area contributed by atoms with Crippen LogP contribution in [0.15, 0.2) is 48.8 Å². The number of benzene rings is 1. The number of pyridine rings is 1. The van der Waals surface area contributed by atoms with Crippen molar-refractivity contribution in [3.05, 3.63) is 65.8 Å². The van der Waals surface area contributed by atoms with Crippen LogP contribution in [0.5, 0.6) is 0 Å². The molecule has 0 aliphatic carbocycles. The van der Waals surface area contributed by atoms with Crippen LogP contribution in [0.25, 0.3) is 16.0 Å². The van der Waals surface area contributed by atoms with E-state index in [1.165, 1.54) is 11.1 Å². The smallest absolute Gasteiger partial charge is 0.220 e. The van der Waals surface area contributed by atoms with E-state index in [-0.39, 0.29) is 10.8 Å². The Hall–Kier alpha value is -2.18. The summed E-state index contributed by atoms with van der Waals surface area (Å²) in [6.45, 7) is 18.1. The van der Waals surface area contributed by atoms with Crippen molar-refractivity contribution in [1.82, 2.24) is 9.88 Å². The quantitative estimate of drug-likeness (QED) is 0.700. The predicted octanol–water partition coefficient (Wildman–Crippen LogP) is 5.30. The van der Waals surface area contributed by atoms with Gasteiger partial charge in [-0.3, -0.25) is 9.88 Å². The maximum atomic E-state index is 7.37. The van der Waals surface area contributed by atoms with E-state index in [0.717, 1.165) is 38.0 Å². The molecule has 3 rings (SSSR count). The summed E-state index contributed by atoms with van der Waals surface area (Å²) in [5.74, 6) is 0. The van der Waals surface area contributed by atoms with Crippen LogP contribution in [0, 0.1) is 17.4 Å². The molecule has 0 atom stereocenters. The summed E-state index contributed by atoms with van der Waals surface area (Å²) in [6, 6.07) is 12.9. The van der Waals surface area contributed by atoms with E-state index in [9.17, 15) is 0 Å². The zero-order valence-corrected chi connectivity index (χ0v) is 16.2. The van der Waals surface area contributed by atoms with Gasteiger partial charge in [-0.15, -0.1) is 0 Å². The van der Waals surface area contributed by atoms with Crippen LogP contribution < -0.4 is 0 Å². The Morgan fingerprint density at radius 2 is 1.77 bits per heavy atom. The topological polar surface area (TPSA) is 20.5 Å². The first-order valence-electron chi connectivity index (χ1n) is 9.48. The Balaban J connectivity index is 1.62. The molecule has 0 radical (unpaired) electrons. The molecule has 1 aromatic carbocycles. The minimum absolute atomic E-state index is 0.162. The molecule has 3 nitrogen and oxygen atoms in total. The van der Waals surface area contributed by atoms with Gasteiger partial charge >= 0.3 is 0 Å². The van der Waals surface area contributed by atoms with E-state index in [1.54, 1.807) is 6.20 Å². The van der Waals surface area contributed by atoms with Crippen molar-refractivity contribution in [3.8, 4) is 11.1 Å². The Labute approximate surface area is 157 Å². The molecular weight excluding hydrogens is 318 g/mol. The van der Waals surface area contributed by atoms with Gasteiger partial charge in [0.2, 0.25) is 6.54 Å². The zero-order chi connectivity index (χ0) is 18.6. The molecule has 1 aliphatic rings. The second-order valence-electron chi connectivity index (χ2n) is 8.56. The lowest BCUT2D eigenvalue weighted by molar-refractivity contribution is 0.0173. The maximum Gasteiger partial charge on any atom is 0.220 e. The number of rotatable bonds is 4. The summed E-state index contributed by atoms with van der Waals surface area (Å²) in [5, 5.41) is 0. The highest BCUT2D eigenvalue weighted by atomic mass is 15.1.